The molecule has 0 aromatic heterocycles. The Morgan fingerprint density at radius 1 is 1.57 bits per heavy atom. The lowest BCUT2D eigenvalue weighted by Crippen LogP contribution is -2.51. The van der Waals surface area contributed by atoms with Crippen molar-refractivity contribution < 1.29 is 14.6 Å². The average Bonchev–Trinajstić information content (AvgIpc) is 2.44. The number of morpholine rings is 1. The molecule has 116 valence electrons. The van der Waals surface area contributed by atoms with Crippen LogP contribution in [0.15, 0.2) is 18.2 Å². The molecule has 1 aromatic rings. The van der Waals surface area contributed by atoms with Crippen molar-refractivity contribution in [2.45, 2.75) is 26.0 Å². The topological polar surface area (TPSA) is 61.8 Å². The van der Waals surface area contributed by atoms with Gasteiger partial charge in [-0.3, -0.25) is 9.69 Å². The molecule has 1 fully saturated rings. The minimum Gasteiger partial charge on any atom is -0.394 e. The molecule has 0 bridgehead atoms. The van der Waals surface area contributed by atoms with E-state index in [0.717, 1.165) is 11.3 Å². The average molecular weight is 313 g/mol. The molecule has 1 aromatic carbocycles. The van der Waals surface area contributed by atoms with Crippen molar-refractivity contribution in [2.24, 2.45) is 0 Å². The maximum absolute atomic E-state index is 12.2. The van der Waals surface area contributed by atoms with Crippen molar-refractivity contribution in [1.82, 2.24) is 4.90 Å². The molecule has 5 nitrogen and oxygen atoms in total. The molecule has 1 aliphatic heterocycles. The Balaban J connectivity index is 1.94. The van der Waals surface area contributed by atoms with Gasteiger partial charge < -0.3 is 15.2 Å². The Labute approximate surface area is 129 Å². The molecule has 1 aliphatic rings. The lowest BCUT2D eigenvalue weighted by molar-refractivity contribution is -0.122. The van der Waals surface area contributed by atoms with Crippen LogP contribution >= 0.6 is 11.6 Å². The number of aliphatic hydroxyl groups is 1. The minimum atomic E-state index is -0.216. The number of benzene rings is 1. The highest BCUT2D eigenvalue weighted by atomic mass is 35.5. The van der Waals surface area contributed by atoms with Gasteiger partial charge in [0.1, 0.15) is 0 Å². The quantitative estimate of drug-likeness (QED) is 0.888. The summed E-state index contributed by atoms with van der Waals surface area (Å²) < 4.78 is 5.46. The molecule has 0 spiro atoms. The van der Waals surface area contributed by atoms with Gasteiger partial charge in [0.15, 0.2) is 0 Å². The van der Waals surface area contributed by atoms with Crippen molar-refractivity contribution in [3.8, 4) is 0 Å². The largest absolute Gasteiger partial charge is 0.394 e. The van der Waals surface area contributed by atoms with Gasteiger partial charge in [-0.05, 0) is 37.6 Å². The summed E-state index contributed by atoms with van der Waals surface area (Å²) in [6, 6.07) is 5.53. The van der Waals surface area contributed by atoms with Gasteiger partial charge in [-0.15, -0.1) is 0 Å². The third kappa shape index (κ3) is 4.41. The van der Waals surface area contributed by atoms with Gasteiger partial charge in [0.2, 0.25) is 5.91 Å². The summed E-state index contributed by atoms with van der Waals surface area (Å²) in [7, 11) is 0. The van der Waals surface area contributed by atoms with E-state index in [9.17, 15) is 4.79 Å². The highest BCUT2D eigenvalue weighted by Gasteiger charge is 2.27. The first-order valence-electron chi connectivity index (χ1n) is 7.02. The van der Waals surface area contributed by atoms with Crippen LogP contribution in [0.4, 0.5) is 5.69 Å². The van der Waals surface area contributed by atoms with Gasteiger partial charge in [0.05, 0.1) is 25.9 Å². The van der Waals surface area contributed by atoms with Crippen molar-refractivity contribution >= 4 is 23.2 Å². The normalized spacial score (nSPS) is 23.0. The Kier molecular flexibility index (Phi) is 5.58. The van der Waals surface area contributed by atoms with Gasteiger partial charge in [-0.1, -0.05) is 11.6 Å². The van der Waals surface area contributed by atoms with E-state index in [0.29, 0.717) is 18.2 Å². The molecule has 21 heavy (non-hydrogen) atoms. The summed E-state index contributed by atoms with van der Waals surface area (Å²) in [6.45, 7) is 5.25. The van der Waals surface area contributed by atoms with E-state index in [2.05, 4.69) is 5.32 Å². The number of nitrogens with zero attached hydrogens (tertiary/aromatic N) is 1. The summed E-state index contributed by atoms with van der Waals surface area (Å²) in [5.41, 5.74) is 1.70. The molecule has 6 heteroatoms. The molecule has 0 aliphatic carbocycles. The maximum Gasteiger partial charge on any atom is 0.238 e. The monoisotopic (exact) mass is 312 g/mol. The summed E-state index contributed by atoms with van der Waals surface area (Å²) in [5.74, 6) is -0.0779. The number of halogens is 1. The van der Waals surface area contributed by atoms with Gasteiger partial charge >= 0.3 is 0 Å². The lowest BCUT2D eigenvalue weighted by Gasteiger charge is -2.36. The number of anilines is 1. The summed E-state index contributed by atoms with van der Waals surface area (Å²) >= 11 is 5.90. The Morgan fingerprint density at radius 2 is 2.33 bits per heavy atom. The molecule has 2 rings (SSSR count). The Morgan fingerprint density at radius 3 is 3.00 bits per heavy atom. The number of hydrogen-bond donors (Lipinski definition) is 2. The van der Waals surface area contributed by atoms with E-state index >= 15 is 0 Å². The molecule has 1 saturated heterocycles. The zero-order valence-electron chi connectivity index (χ0n) is 12.3. The third-order valence-corrected chi connectivity index (χ3v) is 3.88. The van der Waals surface area contributed by atoms with Crippen LogP contribution in [0.3, 0.4) is 0 Å². The van der Waals surface area contributed by atoms with E-state index in [-0.39, 0.29) is 31.2 Å². The van der Waals surface area contributed by atoms with Crippen molar-refractivity contribution in [3.63, 3.8) is 0 Å². The molecule has 2 atom stereocenters. The highest BCUT2D eigenvalue weighted by molar-refractivity contribution is 6.30. The SMILES string of the molecule is Cc1cc(Cl)ccc1NC(=O)CN1CC(CO)OCC1C. The highest BCUT2D eigenvalue weighted by Crippen LogP contribution is 2.20. The summed E-state index contributed by atoms with van der Waals surface area (Å²) in [6.07, 6.45) is -0.216. The predicted octanol–water partition coefficient (Wildman–Crippen LogP) is 1.67. The molecule has 0 saturated carbocycles. The van der Waals surface area contributed by atoms with Crippen molar-refractivity contribution in [2.75, 3.05) is 31.6 Å². The van der Waals surface area contributed by atoms with E-state index in [1.54, 1.807) is 12.1 Å². The van der Waals surface area contributed by atoms with Crippen LogP contribution in [-0.4, -0.2) is 54.4 Å². The van der Waals surface area contributed by atoms with Crippen LogP contribution in [0.5, 0.6) is 0 Å². The fraction of sp³-hybridized carbons (Fsp3) is 0.533. The number of rotatable bonds is 4. The fourth-order valence-electron chi connectivity index (χ4n) is 2.35. The number of carbonyl (C=O) groups excluding carboxylic acids is 1. The number of ether oxygens (including phenoxy) is 1. The number of carbonyl (C=O) groups is 1. The van der Waals surface area contributed by atoms with Gasteiger partial charge in [-0.25, -0.2) is 0 Å². The van der Waals surface area contributed by atoms with Crippen molar-refractivity contribution in [3.05, 3.63) is 28.8 Å². The number of amides is 1. The molecular weight excluding hydrogens is 292 g/mol. The minimum absolute atomic E-state index is 0.0267. The van der Waals surface area contributed by atoms with E-state index in [4.69, 9.17) is 21.4 Å². The predicted molar refractivity (Wildman–Crippen MR) is 82.7 cm³/mol. The van der Waals surface area contributed by atoms with Gasteiger partial charge in [-0.2, -0.15) is 0 Å². The molecular formula is C15H21ClN2O3. The fourth-order valence-corrected chi connectivity index (χ4v) is 2.57. The second kappa shape index (κ2) is 7.22. The zero-order valence-corrected chi connectivity index (χ0v) is 13.1. The molecule has 1 amide bonds. The summed E-state index contributed by atoms with van der Waals surface area (Å²) in [4.78, 5) is 14.2. The van der Waals surface area contributed by atoms with Crippen LogP contribution in [0, 0.1) is 6.92 Å². The maximum atomic E-state index is 12.2. The van der Waals surface area contributed by atoms with Crippen LogP contribution in [0.2, 0.25) is 5.02 Å². The first-order chi connectivity index (χ1) is 9.99. The molecule has 2 N–H and O–H groups in total. The zero-order chi connectivity index (χ0) is 15.4. The van der Waals surface area contributed by atoms with Crippen LogP contribution < -0.4 is 5.32 Å². The Bertz CT molecular complexity index is 510. The van der Waals surface area contributed by atoms with Gasteiger partial charge in [0, 0.05) is 23.3 Å². The third-order valence-electron chi connectivity index (χ3n) is 3.65. The van der Waals surface area contributed by atoms with E-state index in [1.807, 2.05) is 24.8 Å². The molecule has 1 heterocycles. The second-order valence-electron chi connectivity index (χ2n) is 5.42. The second-order valence-corrected chi connectivity index (χ2v) is 5.86. The summed E-state index contributed by atoms with van der Waals surface area (Å²) in [5, 5.41) is 12.7. The number of hydrogen-bond acceptors (Lipinski definition) is 4. The van der Waals surface area contributed by atoms with E-state index < -0.39 is 0 Å². The van der Waals surface area contributed by atoms with Crippen LogP contribution in [0.1, 0.15) is 12.5 Å². The van der Waals surface area contributed by atoms with E-state index in [1.165, 1.54) is 0 Å². The smallest absolute Gasteiger partial charge is 0.238 e. The first kappa shape index (κ1) is 16.2. The standard InChI is InChI=1S/C15H21ClN2O3/c1-10-5-12(16)3-4-14(10)17-15(20)7-18-6-13(8-19)21-9-11(18)2/h3-5,11,13,19H,6-9H2,1-2H3,(H,17,20). The first-order valence-corrected chi connectivity index (χ1v) is 7.40. The van der Waals surface area contributed by atoms with Crippen LogP contribution in [-0.2, 0) is 9.53 Å². The lowest BCUT2D eigenvalue weighted by atomic mass is 10.2. The van der Waals surface area contributed by atoms with Gasteiger partial charge in [0.25, 0.3) is 0 Å². The number of aliphatic hydroxyl groups excluding tert-OH is 1. The van der Waals surface area contributed by atoms with Crippen LogP contribution in [0.25, 0.3) is 0 Å². The Hall–Kier alpha value is -1.14. The van der Waals surface area contributed by atoms with Crippen molar-refractivity contribution in [1.29, 1.82) is 0 Å². The number of nitrogens with one attached hydrogen (secondary N) is 1. The number of aryl methyl sites for hydroxylation is 1. The molecule has 0 radical (unpaired) electrons. The molecule has 2 unspecified atom stereocenters.